The molecule has 152 valence electrons. The Hall–Kier alpha value is -2.09. The van der Waals surface area contributed by atoms with Crippen molar-refractivity contribution in [2.24, 2.45) is 0 Å². The molecule has 0 unspecified atom stereocenters. The fourth-order valence-corrected chi connectivity index (χ4v) is 4.45. The minimum Gasteiger partial charge on any atom is -0.495 e. The molecule has 0 aromatic heterocycles. The van der Waals surface area contributed by atoms with Gasteiger partial charge in [0.15, 0.2) is 0 Å². The number of benzene rings is 2. The summed E-state index contributed by atoms with van der Waals surface area (Å²) in [6.07, 6.45) is 0.897. The molecule has 1 heterocycles. The van der Waals surface area contributed by atoms with Crippen molar-refractivity contribution >= 4 is 15.7 Å². The van der Waals surface area contributed by atoms with Crippen molar-refractivity contribution in [3.8, 4) is 5.75 Å². The maximum absolute atomic E-state index is 12.4. The van der Waals surface area contributed by atoms with E-state index in [-0.39, 0.29) is 0 Å². The number of aryl methyl sites for hydroxylation is 1. The van der Waals surface area contributed by atoms with Gasteiger partial charge in [-0.15, -0.1) is 0 Å². The van der Waals surface area contributed by atoms with Crippen LogP contribution < -0.4 is 14.4 Å². The summed E-state index contributed by atoms with van der Waals surface area (Å²) in [6.45, 7) is 6.74. The highest BCUT2D eigenvalue weighted by molar-refractivity contribution is 7.89. The zero-order valence-corrected chi connectivity index (χ0v) is 17.4. The SMILES string of the molecule is CCc1ccc(S(=O)(=O)NCCN2CCN(c3ccccc3OC)CC2)cc1. The van der Waals surface area contributed by atoms with Crippen LogP contribution in [0.15, 0.2) is 53.4 Å². The number of nitrogens with one attached hydrogen (secondary N) is 1. The van der Waals surface area contributed by atoms with E-state index < -0.39 is 10.0 Å². The second-order valence-electron chi connectivity index (χ2n) is 6.90. The van der Waals surface area contributed by atoms with Crippen molar-refractivity contribution in [2.75, 3.05) is 51.3 Å². The Labute approximate surface area is 168 Å². The smallest absolute Gasteiger partial charge is 0.240 e. The predicted octanol–water partition coefficient (Wildman–Crippen LogP) is 2.36. The van der Waals surface area contributed by atoms with Gasteiger partial charge < -0.3 is 9.64 Å². The summed E-state index contributed by atoms with van der Waals surface area (Å²) in [7, 11) is -1.76. The number of rotatable bonds is 8. The molecule has 7 heteroatoms. The molecular formula is C21H29N3O3S. The molecule has 0 saturated carbocycles. The number of sulfonamides is 1. The number of methoxy groups -OCH3 is 1. The minimum atomic E-state index is -3.45. The first kappa shape index (κ1) is 20.6. The van der Waals surface area contributed by atoms with Crippen molar-refractivity contribution < 1.29 is 13.2 Å². The van der Waals surface area contributed by atoms with Gasteiger partial charge >= 0.3 is 0 Å². The lowest BCUT2D eigenvalue weighted by Gasteiger charge is -2.36. The van der Waals surface area contributed by atoms with E-state index in [1.54, 1.807) is 19.2 Å². The average Bonchev–Trinajstić information content (AvgIpc) is 2.74. The maximum atomic E-state index is 12.4. The first-order chi connectivity index (χ1) is 13.5. The lowest BCUT2D eigenvalue weighted by Crippen LogP contribution is -2.48. The van der Waals surface area contributed by atoms with Crippen LogP contribution >= 0.6 is 0 Å². The largest absolute Gasteiger partial charge is 0.495 e. The van der Waals surface area contributed by atoms with Gasteiger partial charge in [-0.3, -0.25) is 4.90 Å². The molecule has 0 radical (unpaired) electrons. The second kappa shape index (κ2) is 9.41. The first-order valence-corrected chi connectivity index (χ1v) is 11.2. The van der Waals surface area contributed by atoms with Gasteiger partial charge in [0, 0.05) is 39.3 Å². The molecule has 3 rings (SSSR count). The molecular weight excluding hydrogens is 374 g/mol. The molecule has 0 amide bonds. The number of para-hydroxylation sites is 2. The third kappa shape index (κ3) is 5.04. The van der Waals surface area contributed by atoms with Crippen LogP contribution in [0, 0.1) is 0 Å². The van der Waals surface area contributed by atoms with Crippen LogP contribution in [0.2, 0.25) is 0 Å². The van der Waals surface area contributed by atoms with Gasteiger partial charge in [-0.2, -0.15) is 0 Å². The molecule has 2 aromatic carbocycles. The summed E-state index contributed by atoms with van der Waals surface area (Å²) in [4.78, 5) is 4.93. The Morgan fingerprint density at radius 3 is 2.32 bits per heavy atom. The molecule has 28 heavy (non-hydrogen) atoms. The first-order valence-electron chi connectivity index (χ1n) is 9.72. The Balaban J connectivity index is 1.47. The van der Waals surface area contributed by atoms with Crippen LogP contribution in [-0.4, -0.2) is 59.7 Å². The maximum Gasteiger partial charge on any atom is 0.240 e. The van der Waals surface area contributed by atoms with E-state index in [9.17, 15) is 8.42 Å². The Bertz CT molecular complexity index is 861. The van der Waals surface area contributed by atoms with Gasteiger partial charge in [0.1, 0.15) is 5.75 Å². The molecule has 2 aromatic rings. The minimum absolute atomic E-state index is 0.325. The molecule has 0 spiro atoms. The van der Waals surface area contributed by atoms with E-state index in [2.05, 4.69) is 27.5 Å². The van der Waals surface area contributed by atoms with Crippen LogP contribution in [0.4, 0.5) is 5.69 Å². The fourth-order valence-electron chi connectivity index (χ4n) is 3.43. The van der Waals surface area contributed by atoms with Gasteiger partial charge in [0.05, 0.1) is 17.7 Å². The molecule has 1 N–H and O–H groups in total. The van der Waals surface area contributed by atoms with Crippen LogP contribution in [0.25, 0.3) is 0 Å². The standard InChI is InChI=1S/C21H29N3O3S/c1-3-18-8-10-19(11-9-18)28(25,26)22-12-13-23-14-16-24(17-15-23)20-6-4-5-7-21(20)27-2/h4-11,22H,3,12-17H2,1-2H3. The molecule has 0 atom stereocenters. The molecule has 1 fully saturated rings. The summed E-state index contributed by atoms with van der Waals surface area (Å²) >= 11 is 0. The summed E-state index contributed by atoms with van der Waals surface area (Å²) in [5.74, 6) is 0.887. The average molecular weight is 404 g/mol. The van der Waals surface area contributed by atoms with E-state index in [1.165, 1.54) is 0 Å². The van der Waals surface area contributed by atoms with Gasteiger partial charge in [-0.1, -0.05) is 31.2 Å². The van der Waals surface area contributed by atoms with Crippen molar-refractivity contribution in [3.63, 3.8) is 0 Å². The Morgan fingerprint density at radius 2 is 1.68 bits per heavy atom. The van der Waals surface area contributed by atoms with Crippen LogP contribution in [0.3, 0.4) is 0 Å². The molecule has 1 aliphatic rings. The molecule has 1 aliphatic heterocycles. The Kier molecular flexibility index (Phi) is 6.93. The number of hydrogen-bond acceptors (Lipinski definition) is 5. The highest BCUT2D eigenvalue weighted by atomic mass is 32.2. The highest BCUT2D eigenvalue weighted by Gasteiger charge is 2.20. The number of hydrogen-bond donors (Lipinski definition) is 1. The Morgan fingerprint density at radius 1 is 1.00 bits per heavy atom. The van der Waals surface area contributed by atoms with Gasteiger partial charge in [-0.25, -0.2) is 13.1 Å². The second-order valence-corrected chi connectivity index (χ2v) is 8.66. The molecule has 1 saturated heterocycles. The zero-order chi connectivity index (χ0) is 20.0. The van der Waals surface area contributed by atoms with E-state index in [1.807, 2.05) is 30.3 Å². The van der Waals surface area contributed by atoms with Crippen LogP contribution in [0.1, 0.15) is 12.5 Å². The lowest BCUT2D eigenvalue weighted by atomic mass is 10.2. The van der Waals surface area contributed by atoms with Gasteiger partial charge in [-0.05, 0) is 36.2 Å². The third-order valence-electron chi connectivity index (χ3n) is 5.16. The normalized spacial score (nSPS) is 15.6. The summed E-state index contributed by atoms with van der Waals surface area (Å²) in [5, 5.41) is 0. The lowest BCUT2D eigenvalue weighted by molar-refractivity contribution is 0.261. The van der Waals surface area contributed by atoms with Crippen molar-refractivity contribution in [1.29, 1.82) is 0 Å². The summed E-state index contributed by atoms with van der Waals surface area (Å²) < 4.78 is 33.0. The van der Waals surface area contributed by atoms with Crippen molar-refractivity contribution in [1.82, 2.24) is 9.62 Å². The quantitative estimate of drug-likeness (QED) is 0.733. The highest BCUT2D eigenvalue weighted by Crippen LogP contribution is 2.28. The number of anilines is 1. The summed E-state index contributed by atoms with van der Waals surface area (Å²) in [5.41, 5.74) is 2.24. The van der Waals surface area contributed by atoms with Crippen molar-refractivity contribution in [3.05, 3.63) is 54.1 Å². The van der Waals surface area contributed by atoms with E-state index in [0.717, 1.165) is 49.6 Å². The monoisotopic (exact) mass is 403 g/mol. The van der Waals surface area contributed by atoms with Gasteiger partial charge in [0.2, 0.25) is 10.0 Å². The van der Waals surface area contributed by atoms with Crippen LogP contribution in [-0.2, 0) is 16.4 Å². The molecule has 0 bridgehead atoms. The predicted molar refractivity (Wildman–Crippen MR) is 113 cm³/mol. The molecule has 0 aliphatic carbocycles. The van der Waals surface area contributed by atoms with Gasteiger partial charge in [0.25, 0.3) is 0 Å². The van der Waals surface area contributed by atoms with E-state index >= 15 is 0 Å². The zero-order valence-electron chi connectivity index (χ0n) is 16.6. The number of ether oxygens (including phenoxy) is 1. The van der Waals surface area contributed by atoms with E-state index in [4.69, 9.17) is 4.74 Å². The van der Waals surface area contributed by atoms with Crippen molar-refractivity contribution in [2.45, 2.75) is 18.2 Å². The number of nitrogens with zero attached hydrogens (tertiary/aromatic N) is 2. The third-order valence-corrected chi connectivity index (χ3v) is 6.64. The summed E-state index contributed by atoms with van der Waals surface area (Å²) in [6, 6.07) is 15.1. The number of piperazine rings is 1. The topological polar surface area (TPSA) is 61.9 Å². The van der Waals surface area contributed by atoms with Crippen LogP contribution in [0.5, 0.6) is 5.75 Å². The molecule has 6 nitrogen and oxygen atoms in total. The fraction of sp³-hybridized carbons (Fsp3) is 0.429. The van der Waals surface area contributed by atoms with E-state index in [0.29, 0.717) is 18.0 Å².